The van der Waals surface area contributed by atoms with Crippen molar-refractivity contribution < 1.29 is 27.6 Å². The lowest BCUT2D eigenvalue weighted by atomic mass is 10.0. The van der Waals surface area contributed by atoms with Gasteiger partial charge in [-0.05, 0) is 35.2 Å². The Morgan fingerprint density at radius 2 is 1.87 bits per heavy atom. The van der Waals surface area contributed by atoms with Crippen LogP contribution in [-0.4, -0.2) is 30.1 Å². The molecule has 2 aromatic carbocycles. The fourth-order valence-electron chi connectivity index (χ4n) is 2.59. The average Bonchev–Trinajstić information content (AvgIpc) is 3.20. The van der Waals surface area contributed by atoms with Crippen molar-refractivity contribution in [2.24, 2.45) is 5.16 Å². The first-order valence-electron chi connectivity index (χ1n) is 9.17. The van der Waals surface area contributed by atoms with E-state index < -0.39 is 6.61 Å². The topological polar surface area (TPSA) is 79.0 Å². The first kappa shape index (κ1) is 21.2. The molecule has 3 aromatic rings. The maximum atomic E-state index is 12.4. The van der Waals surface area contributed by atoms with E-state index in [2.05, 4.69) is 33.9 Å². The van der Waals surface area contributed by atoms with Gasteiger partial charge in [-0.3, -0.25) is 0 Å². The first-order chi connectivity index (χ1) is 14.5. The largest absolute Gasteiger partial charge is 0.493 e. The Balaban J connectivity index is 1.59. The Morgan fingerprint density at radius 3 is 2.53 bits per heavy atom. The Kier molecular flexibility index (Phi) is 6.95. The van der Waals surface area contributed by atoms with Crippen molar-refractivity contribution in [2.45, 2.75) is 33.0 Å². The maximum absolute atomic E-state index is 12.4. The molecule has 0 aliphatic rings. The van der Waals surface area contributed by atoms with E-state index in [1.165, 1.54) is 30.9 Å². The van der Waals surface area contributed by atoms with Crippen molar-refractivity contribution in [2.75, 3.05) is 7.11 Å². The molecule has 0 fully saturated rings. The normalized spacial score (nSPS) is 11.4. The van der Waals surface area contributed by atoms with Gasteiger partial charge in [0.2, 0.25) is 5.82 Å². The van der Waals surface area contributed by atoms with Crippen LogP contribution in [0.3, 0.4) is 0 Å². The minimum Gasteiger partial charge on any atom is -0.493 e. The van der Waals surface area contributed by atoms with Gasteiger partial charge >= 0.3 is 6.61 Å². The molecule has 0 radical (unpaired) electrons. The van der Waals surface area contributed by atoms with Crippen molar-refractivity contribution in [1.29, 1.82) is 0 Å². The maximum Gasteiger partial charge on any atom is 0.387 e. The molecule has 0 bridgehead atoms. The van der Waals surface area contributed by atoms with Crippen LogP contribution in [0, 0.1) is 0 Å². The SMILES string of the molecule is COc1cc(-c2noc(CO/N=C/c3ccc(C(C)C)cc3)n2)ccc1OC(F)F. The second-order valence-electron chi connectivity index (χ2n) is 6.59. The summed E-state index contributed by atoms with van der Waals surface area (Å²) in [5.41, 5.74) is 2.66. The summed E-state index contributed by atoms with van der Waals surface area (Å²) in [6, 6.07) is 12.4. The molecule has 158 valence electrons. The molecule has 9 heteroatoms. The third-order valence-corrected chi connectivity index (χ3v) is 4.17. The predicted octanol–water partition coefficient (Wildman–Crippen LogP) is 5.02. The molecule has 0 aliphatic heterocycles. The molecule has 0 unspecified atom stereocenters. The van der Waals surface area contributed by atoms with E-state index in [0.29, 0.717) is 11.5 Å². The highest BCUT2D eigenvalue weighted by atomic mass is 19.3. The highest BCUT2D eigenvalue weighted by molar-refractivity contribution is 5.79. The molecule has 1 aromatic heterocycles. The van der Waals surface area contributed by atoms with Crippen LogP contribution in [-0.2, 0) is 11.4 Å². The predicted molar refractivity (Wildman–Crippen MR) is 106 cm³/mol. The molecule has 1 heterocycles. The van der Waals surface area contributed by atoms with Crippen molar-refractivity contribution >= 4 is 6.21 Å². The van der Waals surface area contributed by atoms with Gasteiger partial charge in [0.15, 0.2) is 18.1 Å². The van der Waals surface area contributed by atoms with Crippen molar-refractivity contribution in [3.8, 4) is 22.9 Å². The van der Waals surface area contributed by atoms with Crippen LogP contribution in [0.4, 0.5) is 8.78 Å². The number of nitrogens with zero attached hydrogens (tertiary/aromatic N) is 3. The van der Waals surface area contributed by atoms with Gasteiger partial charge in [-0.1, -0.05) is 48.4 Å². The molecule has 0 aliphatic carbocycles. The molecular weight excluding hydrogens is 396 g/mol. The van der Waals surface area contributed by atoms with Crippen LogP contribution < -0.4 is 9.47 Å². The summed E-state index contributed by atoms with van der Waals surface area (Å²) in [4.78, 5) is 9.40. The standard InChI is InChI=1S/C21H21F2N3O4/c1-13(2)15-6-4-14(5-7-15)11-24-28-12-19-25-20(26-30-19)16-8-9-17(29-21(22)23)18(10-16)27-3/h4-11,13,21H,12H2,1-3H3/b24-11+. The molecule has 0 saturated heterocycles. The number of hydrogen-bond acceptors (Lipinski definition) is 7. The molecule has 30 heavy (non-hydrogen) atoms. The van der Waals surface area contributed by atoms with E-state index in [9.17, 15) is 8.78 Å². The minimum absolute atomic E-state index is 0.0166. The number of hydrogen-bond donors (Lipinski definition) is 0. The third kappa shape index (κ3) is 5.53. The number of ether oxygens (including phenoxy) is 2. The number of methoxy groups -OCH3 is 1. The van der Waals surface area contributed by atoms with Crippen LogP contribution in [0.2, 0.25) is 0 Å². The van der Waals surface area contributed by atoms with Gasteiger partial charge in [-0.15, -0.1) is 0 Å². The zero-order valence-corrected chi connectivity index (χ0v) is 16.7. The number of benzene rings is 2. The Bertz CT molecular complexity index is 988. The summed E-state index contributed by atoms with van der Waals surface area (Å²) in [5, 5.41) is 7.75. The Hall–Kier alpha value is -3.49. The lowest BCUT2D eigenvalue weighted by Gasteiger charge is -2.10. The summed E-state index contributed by atoms with van der Waals surface area (Å²) in [5.74, 6) is 0.974. The van der Waals surface area contributed by atoms with E-state index in [1.807, 2.05) is 24.3 Å². The molecule has 0 N–H and O–H groups in total. The minimum atomic E-state index is -2.95. The average molecular weight is 417 g/mol. The summed E-state index contributed by atoms with van der Waals surface area (Å²) < 4.78 is 39.4. The molecule has 7 nitrogen and oxygen atoms in total. The molecule has 0 amide bonds. The lowest BCUT2D eigenvalue weighted by molar-refractivity contribution is -0.0512. The fourth-order valence-corrected chi connectivity index (χ4v) is 2.59. The van der Waals surface area contributed by atoms with E-state index in [1.54, 1.807) is 6.21 Å². The Morgan fingerprint density at radius 1 is 1.10 bits per heavy atom. The van der Waals surface area contributed by atoms with Gasteiger partial charge < -0.3 is 18.8 Å². The third-order valence-electron chi connectivity index (χ3n) is 4.17. The van der Waals surface area contributed by atoms with Gasteiger partial charge in [-0.25, -0.2) is 0 Å². The second kappa shape index (κ2) is 9.82. The van der Waals surface area contributed by atoms with E-state index >= 15 is 0 Å². The Labute approximate surface area is 172 Å². The van der Waals surface area contributed by atoms with Gasteiger partial charge in [0.05, 0.1) is 13.3 Å². The van der Waals surface area contributed by atoms with Crippen LogP contribution >= 0.6 is 0 Å². The quantitative estimate of drug-likeness (QED) is 0.359. The van der Waals surface area contributed by atoms with Crippen molar-refractivity contribution in [1.82, 2.24) is 10.1 Å². The number of alkyl halides is 2. The van der Waals surface area contributed by atoms with Crippen LogP contribution in [0.15, 0.2) is 52.1 Å². The van der Waals surface area contributed by atoms with Gasteiger partial charge in [0, 0.05) is 5.56 Å². The number of halogens is 2. The summed E-state index contributed by atoms with van der Waals surface area (Å²) >= 11 is 0. The lowest BCUT2D eigenvalue weighted by Crippen LogP contribution is -2.03. The van der Waals surface area contributed by atoms with Crippen LogP contribution in [0.5, 0.6) is 11.5 Å². The molecule has 0 saturated carbocycles. The van der Waals surface area contributed by atoms with Crippen LogP contribution in [0.1, 0.15) is 36.8 Å². The summed E-state index contributed by atoms with van der Waals surface area (Å²) in [7, 11) is 1.35. The number of rotatable bonds is 9. The smallest absolute Gasteiger partial charge is 0.387 e. The molecule has 3 rings (SSSR count). The first-order valence-corrected chi connectivity index (χ1v) is 9.17. The zero-order chi connectivity index (χ0) is 21.5. The highest BCUT2D eigenvalue weighted by Gasteiger charge is 2.15. The van der Waals surface area contributed by atoms with E-state index in [4.69, 9.17) is 14.1 Å². The second-order valence-corrected chi connectivity index (χ2v) is 6.59. The number of aromatic nitrogens is 2. The monoisotopic (exact) mass is 417 g/mol. The molecule has 0 spiro atoms. The highest BCUT2D eigenvalue weighted by Crippen LogP contribution is 2.32. The molecular formula is C21H21F2N3O4. The van der Waals surface area contributed by atoms with Crippen molar-refractivity contribution in [3.63, 3.8) is 0 Å². The molecule has 0 atom stereocenters. The van der Waals surface area contributed by atoms with E-state index in [0.717, 1.165) is 5.56 Å². The zero-order valence-electron chi connectivity index (χ0n) is 16.7. The summed E-state index contributed by atoms with van der Waals surface area (Å²) in [6.07, 6.45) is 1.59. The van der Waals surface area contributed by atoms with Gasteiger partial charge in [0.25, 0.3) is 5.89 Å². The van der Waals surface area contributed by atoms with E-state index in [-0.39, 0.29) is 29.8 Å². The van der Waals surface area contributed by atoms with Gasteiger partial charge in [-0.2, -0.15) is 13.8 Å². The number of oxime groups is 1. The van der Waals surface area contributed by atoms with Crippen LogP contribution in [0.25, 0.3) is 11.4 Å². The van der Waals surface area contributed by atoms with Gasteiger partial charge in [0.1, 0.15) is 0 Å². The van der Waals surface area contributed by atoms with Crippen molar-refractivity contribution in [3.05, 3.63) is 59.5 Å². The fraction of sp³-hybridized carbons (Fsp3) is 0.286. The summed E-state index contributed by atoms with van der Waals surface area (Å²) in [6.45, 7) is 1.29.